The first-order valence-electron chi connectivity index (χ1n) is 6.90. The van der Waals surface area contributed by atoms with Crippen LogP contribution in [0.3, 0.4) is 0 Å². The van der Waals surface area contributed by atoms with Crippen molar-refractivity contribution < 1.29 is 13.2 Å². The molecule has 1 aliphatic rings. The first kappa shape index (κ1) is 15.5. The van der Waals surface area contributed by atoms with Crippen LogP contribution in [0, 0.1) is 12.3 Å². The Labute approximate surface area is 121 Å². The number of benzene rings is 1. The molecule has 0 amide bonds. The third-order valence-corrected chi connectivity index (χ3v) is 6.72. The summed E-state index contributed by atoms with van der Waals surface area (Å²) in [6.45, 7) is 4.41. The Balaban J connectivity index is 2.42. The molecule has 5 heteroatoms. The predicted molar refractivity (Wildman–Crippen MR) is 80.5 cm³/mol. The summed E-state index contributed by atoms with van der Waals surface area (Å²) in [4.78, 5) is 0. The molecule has 1 aliphatic carbocycles. The van der Waals surface area contributed by atoms with Gasteiger partial charge in [0.1, 0.15) is 0 Å². The second-order valence-corrected chi connectivity index (χ2v) is 8.04. The first-order chi connectivity index (χ1) is 9.43. The minimum absolute atomic E-state index is 0.0574. The molecule has 3 atom stereocenters. The van der Waals surface area contributed by atoms with E-state index in [1.807, 2.05) is 31.2 Å². The van der Waals surface area contributed by atoms with Crippen LogP contribution in [-0.4, -0.2) is 39.7 Å². The molecule has 0 saturated heterocycles. The van der Waals surface area contributed by atoms with Crippen LogP contribution in [0.4, 0.5) is 0 Å². The van der Waals surface area contributed by atoms with Crippen molar-refractivity contribution in [3.63, 3.8) is 0 Å². The van der Waals surface area contributed by atoms with E-state index in [-0.39, 0.29) is 11.7 Å². The summed E-state index contributed by atoms with van der Waals surface area (Å²) in [7, 11) is -1.54. The Morgan fingerprint density at radius 2 is 1.90 bits per heavy atom. The Bertz CT molecular complexity index is 567. The molecule has 112 valence electrons. The molecule has 0 unspecified atom stereocenters. The lowest BCUT2D eigenvalue weighted by atomic mass is 9.99. The molecule has 20 heavy (non-hydrogen) atoms. The number of hydrogen-bond acceptors (Lipinski definition) is 4. The number of sulfone groups is 1. The number of methoxy groups -OCH3 is 1. The molecule has 2 N–H and O–H groups in total. The van der Waals surface area contributed by atoms with Gasteiger partial charge in [0.2, 0.25) is 0 Å². The number of ether oxygens (including phenoxy) is 1. The lowest BCUT2D eigenvalue weighted by molar-refractivity contribution is 0.142. The summed E-state index contributed by atoms with van der Waals surface area (Å²) in [5.41, 5.74) is 7.64. The maximum absolute atomic E-state index is 12.4. The lowest BCUT2D eigenvalue weighted by Crippen LogP contribution is -2.28. The minimum Gasteiger partial charge on any atom is -0.384 e. The summed E-state index contributed by atoms with van der Waals surface area (Å²) in [6.07, 6.45) is 0. The normalized spacial score (nSPS) is 29.4. The van der Waals surface area contributed by atoms with E-state index in [1.54, 1.807) is 14.0 Å². The summed E-state index contributed by atoms with van der Waals surface area (Å²) < 4.78 is 30.0. The number of rotatable bonds is 6. The van der Waals surface area contributed by atoms with E-state index in [0.717, 1.165) is 11.1 Å². The maximum Gasteiger partial charge on any atom is 0.154 e. The van der Waals surface area contributed by atoms with Crippen LogP contribution in [0.1, 0.15) is 24.0 Å². The van der Waals surface area contributed by atoms with Crippen molar-refractivity contribution in [3.8, 4) is 0 Å². The molecule has 4 nitrogen and oxygen atoms in total. The van der Waals surface area contributed by atoms with Crippen LogP contribution < -0.4 is 5.73 Å². The van der Waals surface area contributed by atoms with E-state index in [2.05, 4.69) is 0 Å². The van der Waals surface area contributed by atoms with Gasteiger partial charge < -0.3 is 10.5 Å². The fraction of sp³-hybridized carbons (Fsp3) is 0.600. The molecule has 1 aromatic rings. The molecule has 1 saturated carbocycles. The van der Waals surface area contributed by atoms with Crippen LogP contribution in [0.15, 0.2) is 24.3 Å². The van der Waals surface area contributed by atoms with Crippen molar-refractivity contribution in [2.45, 2.75) is 25.0 Å². The second kappa shape index (κ2) is 5.47. The zero-order chi connectivity index (χ0) is 15.0. The van der Waals surface area contributed by atoms with Gasteiger partial charge in [0.15, 0.2) is 9.84 Å². The van der Waals surface area contributed by atoms with Gasteiger partial charge in [0.05, 0.1) is 11.9 Å². The number of aryl methyl sites for hydroxylation is 1. The molecule has 0 aromatic heterocycles. The van der Waals surface area contributed by atoms with Gasteiger partial charge in [-0.2, -0.15) is 0 Å². The van der Waals surface area contributed by atoms with Gasteiger partial charge >= 0.3 is 0 Å². The predicted octanol–water partition coefficient (Wildman–Crippen LogP) is 1.49. The standard InChI is InChI=1S/C15H23NO3S/c1-4-20(17,18)14-13(15(14,9-16)10-19-3)12-7-5-11(2)6-8-12/h5-8,13-14H,4,9-10,16H2,1-3H3/t13-,14-,15+/m0/s1. The van der Waals surface area contributed by atoms with Crippen LogP contribution in [0.2, 0.25) is 0 Å². The summed E-state index contributed by atoms with van der Waals surface area (Å²) in [5, 5.41) is -0.423. The lowest BCUT2D eigenvalue weighted by Gasteiger charge is -2.14. The highest BCUT2D eigenvalue weighted by molar-refractivity contribution is 7.92. The third kappa shape index (κ3) is 2.38. The highest BCUT2D eigenvalue weighted by Gasteiger charge is 2.69. The van der Waals surface area contributed by atoms with Gasteiger partial charge in [-0.05, 0) is 12.5 Å². The summed E-state index contributed by atoms with van der Waals surface area (Å²) in [5.74, 6) is 0.0869. The highest BCUT2D eigenvalue weighted by Crippen LogP contribution is 2.62. The van der Waals surface area contributed by atoms with Crippen molar-refractivity contribution >= 4 is 9.84 Å². The van der Waals surface area contributed by atoms with Crippen molar-refractivity contribution in [1.29, 1.82) is 0 Å². The topological polar surface area (TPSA) is 69.4 Å². The minimum atomic E-state index is -3.13. The zero-order valence-corrected chi connectivity index (χ0v) is 13.1. The maximum atomic E-state index is 12.4. The van der Waals surface area contributed by atoms with Gasteiger partial charge in [0.25, 0.3) is 0 Å². The van der Waals surface area contributed by atoms with Crippen LogP contribution in [-0.2, 0) is 14.6 Å². The fourth-order valence-electron chi connectivity index (χ4n) is 3.22. The smallest absolute Gasteiger partial charge is 0.154 e. The Morgan fingerprint density at radius 3 is 2.35 bits per heavy atom. The molecule has 2 rings (SSSR count). The first-order valence-corrected chi connectivity index (χ1v) is 8.61. The van der Waals surface area contributed by atoms with Gasteiger partial charge in [-0.15, -0.1) is 0 Å². The van der Waals surface area contributed by atoms with Gasteiger partial charge in [-0.25, -0.2) is 8.42 Å². The van der Waals surface area contributed by atoms with E-state index >= 15 is 0 Å². The molecular weight excluding hydrogens is 274 g/mol. The summed E-state index contributed by atoms with van der Waals surface area (Å²) >= 11 is 0. The van der Waals surface area contributed by atoms with Crippen molar-refractivity contribution in [3.05, 3.63) is 35.4 Å². The van der Waals surface area contributed by atoms with Gasteiger partial charge in [-0.1, -0.05) is 36.8 Å². The number of hydrogen-bond donors (Lipinski definition) is 1. The highest BCUT2D eigenvalue weighted by atomic mass is 32.2. The van der Waals surface area contributed by atoms with Gasteiger partial charge in [0, 0.05) is 30.7 Å². The quantitative estimate of drug-likeness (QED) is 0.863. The van der Waals surface area contributed by atoms with Crippen molar-refractivity contribution in [2.75, 3.05) is 26.0 Å². The van der Waals surface area contributed by atoms with E-state index in [1.165, 1.54) is 0 Å². The molecule has 0 heterocycles. The molecule has 1 fully saturated rings. The van der Waals surface area contributed by atoms with Crippen molar-refractivity contribution in [2.24, 2.45) is 11.1 Å². The second-order valence-electron chi connectivity index (χ2n) is 5.63. The van der Waals surface area contributed by atoms with E-state index < -0.39 is 20.5 Å². The largest absolute Gasteiger partial charge is 0.384 e. The number of nitrogens with two attached hydrogens (primary N) is 1. The average Bonchev–Trinajstić information content (AvgIpc) is 3.10. The van der Waals surface area contributed by atoms with Crippen LogP contribution in [0.5, 0.6) is 0 Å². The Kier molecular flexibility index (Phi) is 4.23. The molecule has 1 aromatic carbocycles. The molecule has 0 aliphatic heterocycles. The Hall–Kier alpha value is -0.910. The SMILES string of the molecule is CCS(=O)(=O)[C@H]1[C@H](c2ccc(C)cc2)[C@@]1(CN)COC. The fourth-order valence-corrected chi connectivity index (χ4v) is 5.37. The van der Waals surface area contributed by atoms with Gasteiger partial charge in [-0.3, -0.25) is 0 Å². The van der Waals surface area contributed by atoms with E-state index in [9.17, 15) is 8.42 Å². The van der Waals surface area contributed by atoms with E-state index in [4.69, 9.17) is 10.5 Å². The van der Waals surface area contributed by atoms with Crippen LogP contribution in [0.25, 0.3) is 0 Å². The molecular formula is C15H23NO3S. The molecule has 0 spiro atoms. The zero-order valence-electron chi connectivity index (χ0n) is 12.3. The summed E-state index contributed by atoms with van der Waals surface area (Å²) in [6, 6.07) is 8.03. The van der Waals surface area contributed by atoms with Crippen LogP contribution >= 0.6 is 0 Å². The van der Waals surface area contributed by atoms with E-state index in [0.29, 0.717) is 13.2 Å². The molecule has 0 bridgehead atoms. The average molecular weight is 297 g/mol. The van der Waals surface area contributed by atoms with Crippen molar-refractivity contribution in [1.82, 2.24) is 0 Å². The third-order valence-electron chi connectivity index (χ3n) is 4.40. The monoisotopic (exact) mass is 297 g/mol. The Morgan fingerprint density at radius 1 is 1.30 bits per heavy atom. The molecule has 0 radical (unpaired) electrons.